The highest BCUT2D eigenvalue weighted by Crippen LogP contribution is 2.43. The lowest BCUT2D eigenvalue weighted by Gasteiger charge is -2.44. The molecule has 2 aromatic rings. The van der Waals surface area contributed by atoms with E-state index >= 15 is 0 Å². The highest BCUT2D eigenvalue weighted by Gasteiger charge is 2.44. The molecule has 8 nitrogen and oxygen atoms in total. The molecule has 27 heavy (non-hydrogen) atoms. The molecule has 0 saturated carbocycles. The van der Waals surface area contributed by atoms with Crippen LogP contribution in [0.5, 0.6) is 0 Å². The van der Waals surface area contributed by atoms with E-state index in [4.69, 9.17) is 4.74 Å². The molecule has 146 valence electrons. The van der Waals surface area contributed by atoms with E-state index in [0.717, 1.165) is 43.4 Å². The van der Waals surface area contributed by atoms with Gasteiger partial charge in [0.05, 0.1) is 5.69 Å². The maximum absolute atomic E-state index is 13.2. The molecule has 1 N–H and O–H groups in total. The molecule has 1 fully saturated rings. The van der Waals surface area contributed by atoms with Crippen molar-refractivity contribution in [3.63, 3.8) is 0 Å². The molecule has 3 heterocycles. The molecule has 9 heteroatoms. The lowest BCUT2D eigenvalue weighted by atomic mass is 9.66. The maximum Gasteiger partial charge on any atom is 0.410 e. The second-order valence-electron chi connectivity index (χ2n) is 8.49. The molecule has 1 saturated heterocycles. The van der Waals surface area contributed by atoms with Crippen LogP contribution in [0.2, 0.25) is 0 Å². The molecule has 4 rings (SSSR count). The van der Waals surface area contributed by atoms with Gasteiger partial charge in [-0.1, -0.05) is 0 Å². The number of nitrogens with zero attached hydrogens (tertiary/aromatic N) is 4. The number of aromatic amines is 1. The molecule has 0 radical (unpaired) electrons. The Morgan fingerprint density at radius 3 is 2.59 bits per heavy atom. The number of hydrogen-bond donors (Lipinski definition) is 1. The number of carbonyl (C=O) groups is 1. The fraction of sp³-hybridized carbons (Fsp3) is 0.667. The van der Waals surface area contributed by atoms with Crippen LogP contribution in [0.4, 0.5) is 4.79 Å². The van der Waals surface area contributed by atoms with Crippen LogP contribution in [0.25, 0.3) is 5.78 Å². The van der Waals surface area contributed by atoms with Gasteiger partial charge in [0.15, 0.2) is 4.73 Å². The van der Waals surface area contributed by atoms with E-state index in [9.17, 15) is 9.59 Å². The summed E-state index contributed by atoms with van der Waals surface area (Å²) in [5, 5.41) is 2.91. The summed E-state index contributed by atoms with van der Waals surface area (Å²) >= 11 is 3.28. The number of halogens is 1. The molecule has 0 bridgehead atoms. The molecule has 1 aliphatic carbocycles. The number of piperidine rings is 1. The molecule has 1 spiro atoms. The van der Waals surface area contributed by atoms with Gasteiger partial charge in [0, 0.05) is 24.1 Å². The van der Waals surface area contributed by atoms with E-state index in [1.807, 2.05) is 20.8 Å². The van der Waals surface area contributed by atoms with E-state index in [-0.39, 0.29) is 17.1 Å². The van der Waals surface area contributed by atoms with Crippen molar-refractivity contribution < 1.29 is 9.53 Å². The number of nitrogens with one attached hydrogen (secondary N) is 1. The summed E-state index contributed by atoms with van der Waals surface area (Å²) in [6, 6.07) is 0. The van der Waals surface area contributed by atoms with Crippen molar-refractivity contribution in [2.45, 2.75) is 63.9 Å². The Morgan fingerprint density at radius 2 is 1.93 bits per heavy atom. The molecule has 2 aliphatic rings. The number of likely N-dealkylation sites (tertiary alicyclic amines) is 1. The SMILES string of the molecule is CC(C)(C)OC(=O)N1CCC2(CCCc3nc4nc(Br)[nH]n4c(=O)c32)CC1. The lowest BCUT2D eigenvalue weighted by Crippen LogP contribution is -2.50. The number of hydrogen-bond acceptors (Lipinski definition) is 5. The van der Waals surface area contributed by atoms with Gasteiger partial charge in [0.2, 0.25) is 0 Å². The van der Waals surface area contributed by atoms with Gasteiger partial charge < -0.3 is 9.64 Å². The van der Waals surface area contributed by atoms with E-state index in [0.29, 0.717) is 23.6 Å². The normalized spacial score (nSPS) is 19.3. The van der Waals surface area contributed by atoms with Crippen LogP contribution in [0.1, 0.15) is 57.7 Å². The number of aromatic nitrogens is 4. The topological polar surface area (TPSA) is 92.6 Å². The Kier molecular flexibility index (Phi) is 4.32. The Hall–Kier alpha value is -1.90. The monoisotopic (exact) mass is 437 g/mol. The number of carbonyl (C=O) groups excluding carboxylic acids is 1. The highest BCUT2D eigenvalue weighted by atomic mass is 79.9. The van der Waals surface area contributed by atoms with Gasteiger partial charge in [0.1, 0.15) is 5.60 Å². The number of ether oxygens (including phenoxy) is 1. The molecule has 0 unspecified atom stereocenters. The van der Waals surface area contributed by atoms with E-state index in [1.54, 1.807) is 4.90 Å². The first-order valence-electron chi connectivity index (χ1n) is 9.34. The van der Waals surface area contributed by atoms with Gasteiger partial charge in [-0.15, -0.1) is 0 Å². The molecule has 2 aromatic heterocycles. The fourth-order valence-electron chi connectivity index (χ4n) is 4.31. The summed E-state index contributed by atoms with van der Waals surface area (Å²) in [6.45, 7) is 6.78. The minimum Gasteiger partial charge on any atom is -0.444 e. The van der Waals surface area contributed by atoms with Crippen LogP contribution in [0, 0.1) is 0 Å². The molecule has 1 amide bonds. The Balaban J connectivity index is 1.65. The van der Waals surface area contributed by atoms with Crippen LogP contribution in [-0.2, 0) is 16.6 Å². The van der Waals surface area contributed by atoms with Gasteiger partial charge in [-0.3, -0.25) is 9.89 Å². The molecular weight excluding hydrogens is 414 g/mol. The minimum atomic E-state index is -0.508. The maximum atomic E-state index is 13.2. The second kappa shape index (κ2) is 6.32. The summed E-state index contributed by atoms with van der Waals surface area (Å²) in [5.41, 5.74) is 0.849. The highest BCUT2D eigenvalue weighted by molar-refractivity contribution is 9.10. The third-order valence-electron chi connectivity index (χ3n) is 5.51. The number of amides is 1. The molecule has 0 atom stereocenters. The second-order valence-corrected chi connectivity index (χ2v) is 9.24. The van der Waals surface area contributed by atoms with Crippen LogP contribution in [-0.4, -0.2) is 49.3 Å². The fourth-order valence-corrected chi connectivity index (χ4v) is 4.65. The first-order chi connectivity index (χ1) is 12.7. The van der Waals surface area contributed by atoms with Gasteiger partial charge in [-0.25, -0.2) is 9.78 Å². The lowest BCUT2D eigenvalue weighted by molar-refractivity contribution is 0.0153. The van der Waals surface area contributed by atoms with Crippen molar-refractivity contribution in [1.82, 2.24) is 24.5 Å². The van der Waals surface area contributed by atoms with Gasteiger partial charge >= 0.3 is 6.09 Å². The third kappa shape index (κ3) is 3.26. The first kappa shape index (κ1) is 18.5. The molecular formula is C18H24BrN5O3. The van der Waals surface area contributed by atoms with E-state index in [2.05, 4.69) is 31.0 Å². The minimum absolute atomic E-state index is 0.0707. The van der Waals surface area contributed by atoms with Crippen molar-refractivity contribution in [3.8, 4) is 0 Å². The predicted molar refractivity (Wildman–Crippen MR) is 103 cm³/mol. The zero-order valence-electron chi connectivity index (χ0n) is 15.8. The summed E-state index contributed by atoms with van der Waals surface area (Å²) in [4.78, 5) is 36.2. The number of fused-ring (bicyclic) bond motifs is 3. The van der Waals surface area contributed by atoms with Crippen LogP contribution < -0.4 is 5.56 Å². The molecule has 1 aliphatic heterocycles. The van der Waals surface area contributed by atoms with Gasteiger partial charge in [-0.05, 0) is 68.8 Å². The van der Waals surface area contributed by atoms with E-state index < -0.39 is 5.60 Å². The zero-order valence-corrected chi connectivity index (χ0v) is 17.4. The average Bonchev–Trinajstić information content (AvgIpc) is 2.95. The van der Waals surface area contributed by atoms with E-state index in [1.165, 1.54) is 4.52 Å². The van der Waals surface area contributed by atoms with Crippen LogP contribution in [0.3, 0.4) is 0 Å². The third-order valence-corrected chi connectivity index (χ3v) is 5.87. The van der Waals surface area contributed by atoms with Crippen molar-refractivity contribution >= 4 is 27.8 Å². The number of aryl methyl sites for hydroxylation is 1. The summed E-state index contributed by atoms with van der Waals surface area (Å²) in [5.74, 6) is 0.397. The smallest absolute Gasteiger partial charge is 0.410 e. The van der Waals surface area contributed by atoms with Crippen molar-refractivity contribution in [3.05, 3.63) is 26.3 Å². The van der Waals surface area contributed by atoms with Crippen molar-refractivity contribution in [2.24, 2.45) is 0 Å². The Morgan fingerprint density at radius 1 is 1.22 bits per heavy atom. The Bertz CT molecular complexity index is 950. The standard InChI is InChI=1S/C18H24BrN5O3/c1-17(2,3)27-16(26)23-9-7-18(8-10-23)6-4-5-11-12(18)13(25)24-15(20-11)21-14(19)22-24/h4-10H2,1-3H3,(H,20,21,22). The van der Waals surface area contributed by atoms with Crippen LogP contribution >= 0.6 is 15.9 Å². The summed E-state index contributed by atoms with van der Waals surface area (Å²) in [6.07, 6.45) is 3.95. The quantitative estimate of drug-likeness (QED) is 0.683. The Labute approximate surface area is 165 Å². The summed E-state index contributed by atoms with van der Waals surface area (Å²) in [7, 11) is 0. The number of H-pyrrole nitrogens is 1. The molecule has 0 aromatic carbocycles. The largest absolute Gasteiger partial charge is 0.444 e. The summed E-state index contributed by atoms with van der Waals surface area (Å²) < 4.78 is 7.40. The van der Waals surface area contributed by atoms with Gasteiger partial charge in [0.25, 0.3) is 11.3 Å². The van der Waals surface area contributed by atoms with Crippen molar-refractivity contribution in [1.29, 1.82) is 0 Å². The van der Waals surface area contributed by atoms with Crippen molar-refractivity contribution in [2.75, 3.05) is 13.1 Å². The zero-order chi connectivity index (χ0) is 19.4. The van der Waals surface area contributed by atoms with Gasteiger partial charge in [-0.2, -0.15) is 9.50 Å². The average molecular weight is 438 g/mol. The predicted octanol–water partition coefficient (Wildman–Crippen LogP) is 2.79. The number of rotatable bonds is 0. The van der Waals surface area contributed by atoms with Crippen LogP contribution in [0.15, 0.2) is 9.53 Å². The first-order valence-corrected chi connectivity index (χ1v) is 10.1.